The summed E-state index contributed by atoms with van der Waals surface area (Å²) in [4.78, 5) is 4.18. The molecule has 1 aromatic heterocycles. The first-order valence-electron chi connectivity index (χ1n) is 8.51. The van der Waals surface area contributed by atoms with E-state index in [-0.39, 0.29) is 16.3 Å². The average molecular weight is 439 g/mol. The number of sulfonamides is 1. The van der Waals surface area contributed by atoms with E-state index in [4.69, 9.17) is 23.2 Å². The minimum atomic E-state index is -3.77. The third-order valence-electron chi connectivity index (χ3n) is 4.12. The Morgan fingerprint density at radius 2 is 1.71 bits per heavy atom. The van der Waals surface area contributed by atoms with Crippen LogP contribution in [0.3, 0.4) is 0 Å². The lowest BCUT2D eigenvalue weighted by molar-refractivity contribution is 0.587. The molecule has 1 heterocycles. The molecule has 0 aliphatic carbocycles. The Kier molecular flexibility index (Phi) is 5.70. The van der Waals surface area contributed by atoms with Crippen LogP contribution in [0.25, 0.3) is 0 Å². The van der Waals surface area contributed by atoms with Gasteiger partial charge >= 0.3 is 0 Å². The van der Waals surface area contributed by atoms with Gasteiger partial charge in [-0.2, -0.15) is 4.98 Å². The number of nitrogens with one attached hydrogen (secondary N) is 1. The Morgan fingerprint density at radius 1 is 1.04 bits per heavy atom. The number of nitrogens with zero attached hydrogens (tertiary/aromatic N) is 3. The van der Waals surface area contributed by atoms with E-state index in [0.29, 0.717) is 16.6 Å². The number of rotatable bonds is 5. The molecule has 2 aromatic carbocycles. The maximum absolute atomic E-state index is 12.6. The molecular weight excluding hydrogens is 419 g/mol. The van der Waals surface area contributed by atoms with Crippen molar-refractivity contribution in [3.63, 3.8) is 0 Å². The van der Waals surface area contributed by atoms with Crippen LogP contribution in [-0.2, 0) is 22.0 Å². The molecule has 0 saturated carbocycles. The number of aromatic nitrogens is 3. The van der Waals surface area contributed by atoms with E-state index in [1.807, 2.05) is 18.2 Å². The quantitative estimate of drug-likeness (QED) is 0.624. The molecule has 6 nitrogen and oxygen atoms in total. The molecule has 3 rings (SSSR count). The molecule has 0 amide bonds. The maximum atomic E-state index is 12.6. The molecule has 1 N–H and O–H groups in total. The minimum Gasteiger partial charge on any atom is -0.246 e. The molecule has 28 heavy (non-hydrogen) atoms. The summed E-state index contributed by atoms with van der Waals surface area (Å²) >= 11 is 11.9. The monoisotopic (exact) mass is 438 g/mol. The van der Waals surface area contributed by atoms with Gasteiger partial charge in [0.15, 0.2) is 0 Å². The van der Waals surface area contributed by atoms with Gasteiger partial charge in [0.1, 0.15) is 6.33 Å². The fourth-order valence-corrected chi connectivity index (χ4v) is 3.82. The molecule has 0 radical (unpaired) electrons. The van der Waals surface area contributed by atoms with Gasteiger partial charge in [-0.1, -0.05) is 62.2 Å². The first kappa shape index (κ1) is 20.6. The number of hydrogen-bond donors (Lipinski definition) is 1. The standard InChI is InChI=1S/C19H20Cl2N4O2S/c1-19(2,3)14-5-7-15(8-6-14)28(26,27)24-18-22-12-25(23-18)11-13-4-9-16(20)17(21)10-13/h4-10,12H,11H2,1-3H3,(H,23,24). The summed E-state index contributed by atoms with van der Waals surface area (Å²) in [6.45, 7) is 6.59. The van der Waals surface area contributed by atoms with Crippen molar-refractivity contribution in [2.24, 2.45) is 0 Å². The zero-order valence-electron chi connectivity index (χ0n) is 15.6. The van der Waals surface area contributed by atoms with Gasteiger partial charge in [-0.15, -0.1) is 5.10 Å². The SMILES string of the molecule is CC(C)(C)c1ccc(S(=O)(=O)Nc2ncn(Cc3ccc(Cl)c(Cl)c3)n2)cc1. The summed E-state index contributed by atoms with van der Waals surface area (Å²) < 4.78 is 29.1. The second kappa shape index (κ2) is 7.73. The highest BCUT2D eigenvalue weighted by molar-refractivity contribution is 7.92. The maximum Gasteiger partial charge on any atom is 0.264 e. The van der Waals surface area contributed by atoms with Gasteiger partial charge in [0.2, 0.25) is 0 Å². The van der Waals surface area contributed by atoms with Crippen LogP contribution in [0.4, 0.5) is 5.95 Å². The molecule has 0 aliphatic rings. The van der Waals surface area contributed by atoms with Gasteiger partial charge in [0, 0.05) is 0 Å². The van der Waals surface area contributed by atoms with Crippen LogP contribution in [0.5, 0.6) is 0 Å². The predicted molar refractivity (Wildman–Crippen MR) is 112 cm³/mol. The zero-order valence-corrected chi connectivity index (χ0v) is 18.0. The van der Waals surface area contributed by atoms with Crippen LogP contribution in [-0.4, -0.2) is 23.2 Å². The first-order chi connectivity index (χ1) is 13.0. The van der Waals surface area contributed by atoms with Crippen molar-refractivity contribution in [3.8, 4) is 0 Å². The third-order valence-corrected chi connectivity index (χ3v) is 6.20. The van der Waals surface area contributed by atoms with Crippen LogP contribution >= 0.6 is 23.2 Å². The lowest BCUT2D eigenvalue weighted by atomic mass is 9.87. The number of hydrogen-bond acceptors (Lipinski definition) is 4. The molecule has 0 spiro atoms. The highest BCUT2D eigenvalue weighted by Crippen LogP contribution is 2.24. The highest BCUT2D eigenvalue weighted by Gasteiger charge is 2.19. The molecule has 0 fully saturated rings. The Bertz CT molecular complexity index is 1090. The molecule has 0 saturated heterocycles. The second-order valence-corrected chi connectivity index (χ2v) is 9.89. The van der Waals surface area contributed by atoms with Crippen molar-refractivity contribution < 1.29 is 8.42 Å². The zero-order chi connectivity index (χ0) is 20.5. The Hall–Kier alpha value is -2.09. The van der Waals surface area contributed by atoms with E-state index < -0.39 is 10.0 Å². The molecule has 9 heteroatoms. The van der Waals surface area contributed by atoms with E-state index >= 15 is 0 Å². The third kappa shape index (κ3) is 4.84. The van der Waals surface area contributed by atoms with E-state index in [9.17, 15) is 8.42 Å². The fraction of sp³-hybridized carbons (Fsp3) is 0.263. The van der Waals surface area contributed by atoms with E-state index in [2.05, 4.69) is 35.6 Å². The van der Waals surface area contributed by atoms with Crippen LogP contribution in [0, 0.1) is 0 Å². The average Bonchev–Trinajstić information content (AvgIpc) is 3.04. The van der Waals surface area contributed by atoms with Crippen LogP contribution in [0.15, 0.2) is 53.7 Å². The molecular formula is C19H20Cl2N4O2S. The molecule has 0 unspecified atom stereocenters. The largest absolute Gasteiger partial charge is 0.264 e. The predicted octanol–water partition coefficient (Wildman–Crippen LogP) is 4.73. The van der Waals surface area contributed by atoms with Crippen molar-refractivity contribution in [1.82, 2.24) is 14.8 Å². The van der Waals surface area contributed by atoms with Crippen molar-refractivity contribution in [1.29, 1.82) is 0 Å². The molecule has 0 atom stereocenters. The van der Waals surface area contributed by atoms with Gasteiger partial charge in [-0.05, 0) is 40.8 Å². The van der Waals surface area contributed by atoms with E-state index in [1.54, 1.807) is 24.3 Å². The lowest BCUT2D eigenvalue weighted by Gasteiger charge is -2.19. The summed E-state index contributed by atoms with van der Waals surface area (Å²) in [6, 6.07) is 12.0. The second-order valence-electron chi connectivity index (χ2n) is 7.39. The van der Waals surface area contributed by atoms with Gasteiger partial charge in [0.25, 0.3) is 16.0 Å². The van der Waals surface area contributed by atoms with Gasteiger partial charge in [0.05, 0.1) is 21.5 Å². The van der Waals surface area contributed by atoms with Crippen LogP contribution < -0.4 is 4.72 Å². The minimum absolute atomic E-state index is 0.0000385. The van der Waals surface area contributed by atoms with Crippen molar-refractivity contribution >= 4 is 39.2 Å². The van der Waals surface area contributed by atoms with Gasteiger partial charge in [-0.25, -0.2) is 17.8 Å². The summed E-state index contributed by atoms with van der Waals surface area (Å²) in [5.74, 6) is -0.0000385. The Morgan fingerprint density at radius 3 is 2.32 bits per heavy atom. The molecule has 0 aliphatic heterocycles. The van der Waals surface area contributed by atoms with Gasteiger partial charge < -0.3 is 0 Å². The van der Waals surface area contributed by atoms with E-state index in [1.165, 1.54) is 11.0 Å². The number of halogens is 2. The molecule has 0 bridgehead atoms. The number of anilines is 1. The topological polar surface area (TPSA) is 76.9 Å². The molecule has 3 aromatic rings. The summed E-state index contributed by atoms with van der Waals surface area (Å²) in [6.07, 6.45) is 1.45. The molecule has 148 valence electrons. The summed E-state index contributed by atoms with van der Waals surface area (Å²) in [5, 5.41) is 5.08. The van der Waals surface area contributed by atoms with E-state index in [0.717, 1.165) is 11.1 Å². The fourth-order valence-electron chi connectivity index (χ4n) is 2.56. The van der Waals surface area contributed by atoms with Crippen molar-refractivity contribution in [3.05, 3.63) is 70.0 Å². The first-order valence-corrected chi connectivity index (χ1v) is 10.8. The lowest BCUT2D eigenvalue weighted by Crippen LogP contribution is -2.16. The normalized spacial score (nSPS) is 12.2. The van der Waals surface area contributed by atoms with Gasteiger partial charge in [-0.3, -0.25) is 0 Å². The van der Waals surface area contributed by atoms with Crippen LogP contribution in [0.1, 0.15) is 31.9 Å². The highest BCUT2D eigenvalue weighted by atomic mass is 35.5. The number of benzene rings is 2. The smallest absolute Gasteiger partial charge is 0.246 e. The Labute approximate surface area is 174 Å². The summed E-state index contributed by atoms with van der Waals surface area (Å²) in [7, 11) is -3.77. The summed E-state index contributed by atoms with van der Waals surface area (Å²) in [5.41, 5.74) is 1.86. The Balaban J connectivity index is 1.73. The van der Waals surface area contributed by atoms with Crippen molar-refractivity contribution in [2.75, 3.05) is 4.72 Å². The van der Waals surface area contributed by atoms with Crippen molar-refractivity contribution in [2.45, 2.75) is 37.6 Å². The van der Waals surface area contributed by atoms with Crippen LogP contribution in [0.2, 0.25) is 10.0 Å².